The number of rotatable bonds is 6. The molecule has 2 aliphatic rings. The molecule has 2 amide bonds. The zero-order chi connectivity index (χ0) is 16.8. The van der Waals surface area contributed by atoms with Crippen molar-refractivity contribution in [3.05, 3.63) is 23.9 Å². The van der Waals surface area contributed by atoms with Crippen LogP contribution in [0.15, 0.2) is 18.3 Å². The van der Waals surface area contributed by atoms with Gasteiger partial charge in [-0.1, -0.05) is 18.9 Å². The van der Waals surface area contributed by atoms with E-state index in [1.165, 1.54) is 25.7 Å². The SMILES string of the molecule is O=C(NCc1ccc(N2CCCCCC2)nc1)NC[C@@H](O)C1CC1. The van der Waals surface area contributed by atoms with Crippen molar-refractivity contribution in [3.63, 3.8) is 0 Å². The zero-order valence-corrected chi connectivity index (χ0v) is 14.2. The molecule has 0 radical (unpaired) electrons. The lowest BCUT2D eigenvalue weighted by Gasteiger charge is -2.21. The lowest BCUT2D eigenvalue weighted by atomic mass is 10.2. The number of nitrogens with one attached hydrogen (secondary N) is 2. The number of hydrogen-bond acceptors (Lipinski definition) is 4. The van der Waals surface area contributed by atoms with E-state index in [9.17, 15) is 9.90 Å². The smallest absolute Gasteiger partial charge is 0.315 e. The molecule has 1 aromatic heterocycles. The van der Waals surface area contributed by atoms with Crippen LogP contribution in [0.3, 0.4) is 0 Å². The van der Waals surface area contributed by atoms with Gasteiger partial charge in [0.2, 0.25) is 0 Å². The van der Waals surface area contributed by atoms with E-state index < -0.39 is 6.10 Å². The Hall–Kier alpha value is -1.82. The molecule has 0 aromatic carbocycles. The number of amides is 2. The number of urea groups is 1. The topological polar surface area (TPSA) is 77.5 Å². The van der Waals surface area contributed by atoms with Crippen LogP contribution in [-0.2, 0) is 6.54 Å². The molecule has 2 fully saturated rings. The number of carbonyl (C=O) groups excluding carboxylic acids is 1. The van der Waals surface area contributed by atoms with E-state index in [0.717, 1.165) is 37.3 Å². The fourth-order valence-electron chi connectivity index (χ4n) is 3.10. The Morgan fingerprint density at radius 3 is 2.58 bits per heavy atom. The average Bonchev–Trinajstić information content (AvgIpc) is 3.45. The monoisotopic (exact) mass is 332 g/mol. The van der Waals surface area contributed by atoms with Gasteiger partial charge in [0.15, 0.2) is 0 Å². The molecule has 132 valence electrons. The van der Waals surface area contributed by atoms with Gasteiger partial charge in [0.1, 0.15) is 5.82 Å². The van der Waals surface area contributed by atoms with Gasteiger partial charge < -0.3 is 20.6 Å². The number of hydrogen-bond donors (Lipinski definition) is 3. The highest BCUT2D eigenvalue weighted by molar-refractivity contribution is 5.73. The van der Waals surface area contributed by atoms with Crippen molar-refractivity contribution in [2.24, 2.45) is 5.92 Å². The van der Waals surface area contributed by atoms with Crippen LogP contribution < -0.4 is 15.5 Å². The number of pyridine rings is 1. The Morgan fingerprint density at radius 2 is 1.96 bits per heavy atom. The molecule has 2 heterocycles. The second-order valence-electron chi connectivity index (χ2n) is 6.89. The van der Waals surface area contributed by atoms with Crippen molar-refractivity contribution in [1.82, 2.24) is 15.6 Å². The van der Waals surface area contributed by atoms with Crippen LogP contribution in [-0.4, -0.2) is 41.9 Å². The van der Waals surface area contributed by atoms with E-state index in [2.05, 4.69) is 20.5 Å². The largest absolute Gasteiger partial charge is 0.391 e. The Morgan fingerprint density at radius 1 is 1.21 bits per heavy atom. The summed E-state index contributed by atoms with van der Waals surface area (Å²) in [5.41, 5.74) is 0.978. The molecular formula is C18H28N4O2. The highest BCUT2D eigenvalue weighted by Crippen LogP contribution is 2.32. The maximum atomic E-state index is 11.8. The first-order valence-corrected chi connectivity index (χ1v) is 9.12. The van der Waals surface area contributed by atoms with Crippen LogP contribution in [0.4, 0.5) is 10.6 Å². The molecule has 1 saturated heterocycles. The summed E-state index contributed by atoms with van der Waals surface area (Å²) in [5.74, 6) is 1.40. The molecule has 1 aliphatic carbocycles. The lowest BCUT2D eigenvalue weighted by molar-refractivity contribution is 0.149. The van der Waals surface area contributed by atoms with Crippen molar-refractivity contribution in [1.29, 1.82) is 0 Å². The standard InChI is InChI=1S/C18H28N4O2/c23-16(15-6-7-15)13-21-18(24)20-12-14-5-8-17(19-11-14)22-9-3-1-2-4-10-22/h5,8,11,15-16,23H,1-4,6-7,9-10,12-13H2,(H2,20,21,24)/t16-/m1/s1. The number of nitrogens with zero attached hydrogens (tertiary/aromatic N) is 2. The summed E-state index contributed by atoms with van der Waals surface area (Å²) >= 11 is 0. The summed E-state index contributed by atoms with van der Waals surface area (Å²) in [5, 5.41) is 15.3. The van der Waals surface area contributed by atoms with Crippen molar-refractivity contribution < 1.29 is 9.90 Å². The van der Waals surface area contributed by atoms with Crippen molar-refractivity contribution in [3.8, 4) is 0 Å². The molecule has 0 unspecified atom stereocenters. The van der Waals surface area contributed by atoms with Crippen molar-refractivity contribution in [2.45, 2.75) is 51.2 Å². The number of carbonyl (C=O) groups is 1. The van der Waals surface area contributed by atoms with Gasteiger partial charge in [0.05, 0.1) is 6.10 Å². The Labute approximate surface area is 143 Å². The summed E-state index contributed by atoms with van der Waals surface area (Å²) in [6.07, 6.45) is 8.64. The van der Waals surface area contributed by atoms with Crippen LogP contribution in [0.2, 0.25) is 0 Å². The fourth-order valence-corrected chi connectivity index (χ4v) is 3.10. The van der Waals surface area contributed by atoms with Gasteiger partial charge in [0, 0.05) is 32.4 Å². The quantitative estimate of drug-likeness (QED) is 0.745. The third kappa shape index (κ3) is 5.09. The normalized spacial score (nSPS) is 19.5. The highest BCUT2D eigenvalue weighted by atomic mass is 16.3. The summed E-state index contributed by atoms with van der Waals surface area (Å²) in [6.45, 7) is 2.92. The van der Waals surface area contributed by atoms with E-state index in [4.69, 9.17) is 0 Å². The molecule has 6 heteroatoms. The first-order valence-electron chi connectivity index (χ1n) is 9.12. The molecule has 3 rings (SSSR count). The summed E-state index contributed by atoms with van der Waals surface area (Å²) in [4.78, 5) is 18.6. The van der Waals surface area contributed by atoms with Gasteiger partial charge in [0.25, 0.3) is 0 Å². The molecular weight excluding hydrogens is 304 g/mol. The molecule has 3 N–H and O–H groups in total. The zero-order valence-electron chi connectivity index (χ0n) is 14.2. The van der Waals surface area contributed by atoms with Gasteiger partial charge >= 0.3 is 6.03 Å². The van der Waals surface area contributed by atoms with Crippen LogP contribution in [0, 0.1) is 5.92 Å². The fraction of sp³-hybridized carbons (Fsp3) is 0.667. The Bertz CT molecular complexity index is 522. The number of aliphatic hydroxyl groups is 1. The molecule has 6 nitrogen and oxygen atoms in total. The second-order valence-corrected chi connectivity index (χ2v) is 6.89. The van der Waals surface area contributed by atoms with Crippen LogP contribution in [0.1, 0.15) is 44.1 Å². The minimum Gasteiger partial charge on any atom is -0.391 e. The molecule has 1 aromatic rings. The number of aliphatic hydroxyl groups excluding tert-OH is 1. The maximum absolute atomic E-state index is 11.8. The first-order chi connectivity index (χ1) is 11.7. The predicted octanol–water partition coefficient (Wildman–Crippen LogP) is 2.03. The van der Waals surface area contributed by atoms with E-state index in [1.807, 2.05) is 18.3 Å². The van der Waals surface area contributed by atoms with Crippen molar-refractivity contribution in [2.75, 3.05) is 24.5 Å². The molecule has 1 aliphatic heterocycles. The van der Waals surface area contributed by atoms with Gasteiger partial charge in [-0.15, -0.1) is 0 Å². The highest BCUT2D eigenvalue weighted by Gasteiger charge is 2.29. The van der Waals surface area contributed by atoms with Crippen molar-refractivity contribution >= 4 is 11.8 Å². The number of aromatic nitrogens is 1. The van der Waals surface area contributed by atoms with Crippen LogP contribution in [0.25, 0.3) is 0 Å². The van der Waals surface area contributed by atoms with Crippen LogP contribution >= 0.6 is 0 Å². The van der Waals surface area contributed by atoms with Gasteiger partial charge in [-0.3, -0.25) is 0 Å². The molecule has 24 heavy (non-hydrogen) atoms. The Kier molecular flexibility index (Phi) is 5.91. The maximum Gasteiger partial charge on any atom is 0.315 e. The summed E-state index contributed by atoms with van der Waals surface area (Å²) in [6, 6.07) is 3.81. The first kappa shape index (κ1) is 17.0. The third-order valence-corrected chi connectivity index (χ3v) is 4.83. The molecule has 0 spiro atoms. The van der Waals surface area contributed by atoms with E-state index in [-0.39, 0.29) is 6.03 Å². The molecule has 1 atom stereocenters. The average molecular weight is 332 g/mol. The van der Waals surface area contributed by atoms with Gasteiger partial charge in [-0.2, -0.15) is 0 Å². The minimum absolute atomic E-state index is 0.244. The Balaban J connectivity index is 1.41. The second kappa shape index (κ2) is 8.33. The van der Waals surface area contributed by atoms with Gasteiger partial charge in [-0.25, -0.2) is 9.78 Å². The third-order valence-electron chi connectivity index (χ3n) is 4.83. The van der Waals surface area contributed by atoms with Gasteiger partial charge in [-0.05, 0) is 43.2 Å². The predicted molar refractivity (Wildman–Crippen MR) is 93.9 cm³/mol. The summed E-state index contributed by atoms with van der Waals surface area (Å²) < 4.78 is 0. The van der Waals surface area contributed by atoms with Crippen LogP contribution in [0.5, 0.6) is 0 Å². The minimum atomic E-state index is -0.412. The molecule has 1 saturated carbocycles. The molecule has 0 bridgehead atoms. The van der Waals surface area contributed by atoms with E-state index in [0.29, 0.717) is 19.0 Å². The lowest BCUT2D eigenvalue weighted by Crippen LogP contribution is -2.40. The van der Waals surface area contributed by atoms with E-state index >= 15 is 0 Å². The number of anilines is 1. The summed E-state index contributed by atoms with van der Waals surface area (Å²) in [7, 11) is 0. The van der Waals surface area contributed by atoms with E-state index in [1.54, 1.807) is 0 Å².